The first-order valence-electron chi connectivity index (χ1n) is 6.78. The number of benzene rings is 1. The van der Waals surface area contributed by atoms with Crippen molar-refractivity contribution in [3.8, 4) is 11.4 Å². The standard InChI is InChI=1S/C14H17FN4O2/c1-3-14(4-2,13(20)21)9-19-12(16-17-18-19)10-7-5-6-8-11(10)15/h5-8H,3-4,9H2,1-2H3,(H,20,21). The summed E-state index contributed by atoms with van der Waals surface area (Å²) in [4.78, 5) is 11.6. The van der Waals surface area contributed by atoms with Crippen molar-refractivity contribution in [3.05, 3.63) is 30.1 Å². The molecule has 6 nitrogen and oxygen atoms in total. The van der Waals surface area contributed by atoms with Crippen molar-refractivity contribution < 1.29 is 14.3 Å². The number of halogens is 1. The summed E-state index contributed by atoms with van der Waals surface area (Å²) in [6.07, 6.45) is 0.880. The highest BCUT2D eigenvalue weighted by Gasteiger charge is 2.36. The fourth-order valence-corrected chi connectivity index (χ4v) is 2.28. The summed E-state index contributed by atoms with van der Waals surface area (Å²) < 4.78 is 15.2. The molecule has 0 aliphatic carbocycles. The number of aliphatic carboxylic acids is 1. The van der Waals surface area contributed by atoms with Gasteiger partial charge in [0, 0.05) is 0 Å². The zero-order valence-corrected chi connectivity index (χ0v) is 12.0. The summed E-state index contributed by atoms with van der Waals surface area (Å²) in [7, 11) is 0. The molecule has 1 N–H and O–H groups in total. The normalized spacial score (nSPS) is 11.6. The van der Waals surface area contributed by atoms with Crippen LogP contribution in [0, 0.1) is 11.2 Å². The molecule has 0 unspecified atom stereocenters. The number of carbonyl (C=O) groups is 1. The van der Waals surface area contributed by atoms with Gasteiger partial charge in [-0.25, -0.2) is 9.07 Å². The summed E-state index contributed by atoms with van der Waals surface area (Å²) in [5.41, 5.74) is -0.705. The zero-order chi connectivity index (χ0) is 15.5. The molecule has 2 rings (SSSR count). The van der Waals surface area contributed by atoms with Crippen LogP contribution in [0.25, 0.3) is 11.4 Å². The molecule has 0 spiro atoms. The van der Waals surface area contributed by atoms with Gasteiger partial charge in [0.05, 0.1) is 17.5 Å². The van der Waals surface area contributed by atoms with Crippen LogP contribution in [0.4, 0.5) is 4.39 Å². The van der Waals surface area contributed by atoms with Crippen molar-refractivity contribution in [2.45, 2.75) is 33.2 Å². The van der Waals surface area contributed by atoms with E-state index < -0.39 is 17.2 Å². The fourth-order valence-electron chi connectivity index (χ4n) is 2.28. The highest BCUT2D eigenvalue weighted by atomic mass is 19.1. The van der Waals surface area contributed by atoms with Crippen LogP contribution < -0.4 is 0 Å². The number of rotatable bonds is 6. The molecule has 1 heterocycles. The zero-order valence-electron chi connectivity index (χ0n) is 12.0. The molecule has 0 amide bonds. The van der Waals surface area contributed by atoms with Crippen LogP contribution in [0.5, 0.6) is 0 Å². The second kappa shape index (κ2) is 5.99. The van der Waals surface area contributed by atoms with Crippen molar-refractivity contribution in [1.29, 1.82) is 0 Å². The first-order chi connectivity index (χ1) is 10.0. The van der Waals surface area contributed by atoms with Crippen LogP contribution in [0.1, 0.15) is 26.7 Å². The molecule has 0 fully saturated rings. The number of aromatic nitrogens is 4. The Balaban J connectivity index is 2.42. The van der Waals surface area contributed by atoms with E-state index in [1.165, 1.54) is 10.7 Å². The monoisotopic (exact) mass is 292 g/mol. The van der Waals surface area contributed by atoms with Crippen LogP contribution >= 0.6 is 0 Å². The van der Waals surface area contributed by atoms with E-state index in [2.05, 4.69) is 15.5 Å². The van der Waals surface area contributed by atoms with E-state index in [1.54, 1.807) is 18.2 Å². The lowest BCUT2D eigenvalue weighted by Crippen LogP contribution is -2.35. The van der Waals surface area contributed by atoms with Crippen LogP contribution in [0.2, 0.25) is 0 Å². The summed E-state index contributed by atoms with van der Waals surface area (Å²) in [5, 5.41) is 20.7. The Morgan fingerprint density at radius 1 is 1.33 bits per heavy atom. The summed E-state index contributed by atoms with van der Waals surface area (Å²) >= 11 is 0. The molecule has 1 aromatic heterocycles. The number of carboxylic acid groups (broad SMARTS) is 1. The van der Waals surface area contributed by atoms with E-state index in [9.17, 15) is 14.3 Å². The van der Waals surface area contributed by atoms with Gasteiger partial charge in [0.1, 0.15) is 5.82 Å². The molecule has 0 atom stereocenters. The van der Waals surface area contributed by atoms with Gasteiger partial charge in [-0.1, -0.05) is 26.0 Å². The predicted molar refractivity (Wildman–Crippen MR) is 73.9 cm³/mol. The Hall–Kier alpha value is -2.31. The fraction of sp³-hybridized carbons (Fsp3) is 0.429. The van der Waals surface area contributed by atoms with E-state index in [0.717, 1.165) is 0 Å². The molecular formula is C14H17FN4O2. The Kier molecular flexibility index (Phi) is 4.30. The quantitative estimate of drug-likeness (QED) is 0.884. The number of nitrogens with zero attached hydrogens (tertiary/aromatic N) is 4. The van der Waals surface area contributed by atoms with Gasteiger partial charge in [-0.2, -0.15) is 0 Å². The lowest BCUT2D eigenvalue weighted by molar-refractivity contribution is -0.150. The topological polar surface area (TPSA) is 80.9 Å². The van der Waals surface area contributed by atoms with Gasteiger partial charge < -0.3 is 5.11 Å². The summed E-state index contributed by atoms with van der Waals surface area (Å²) in [6, 6.07) is 6.14. The van der Waals surface area contributed by atoms with Gasteiger partial charge in [-0.3, -0.25) is 4.79 Å². The number of carboxylic acids is 1. The molecule has 0 radical (unpaired) electrons. The van der Waals surface area contributed by atoms with Gasteiger partial charge >= 0.3 is 5.97 Å². The molecule has 112 valence electrons. The first-order valence-corrected chi connectivity index (χ1v) is 6.78. The Morgan fingerprint density at radius 2 is 2.00 bits per heavy atom. The lowest BCUT2D eigenvalue weighted by atomic mass is 9.82. The maximum absolute atomic E-state index is 13.9. The Bertz CT molecular complexity index is 637. The van der Waals surface area contributed by atoms with Crippen LogP contribution in [-0.2, 0) is 11.3 Å². The molecule has 1 aromatic carbocycles. The van der Waals surface area contributed by atoms with Crippen LogP contribution in [0.15, 0.2) is 24.3 Å². The smallest absolute Gasteiger partial charge is 0.311 e. The molecule has 0 aliphatic heterocycles. The van der Waals surface area contributed by atoms with Crippen molar-refractivity contribution in [1.82, 2.24) is 20.2 Å². The highest BCUT2D eigenvalue weighted by Crippen LogP contribution is 2.30. The lowest BCUT2D eigenvalue weighted by Gasteiger charge is -2.26. The molecule has 0 bridgehead atoms. The van der Waals surface area contributed by atoms with Crippen molar-refractivity contribution in [2.24, 2.45) is 5.41 Å². The van der Waals surface area contributed by atoms with Crippen LogP contribution in [-0.4, -0.2) is 31.3 Å². The molecule has 0 saturated carbocycles. The predicted octanol–water partition coefficient (Wildman–Crippen LogP) is 2.37. The van der Waals surface area contributed by atoms with E-state index in [0.29, 0.717) is 12.8 Å². The number of hydrogen-bond donors (Lipinski definition) is 1. The van der Waals surface area contributed by atoms with Gasteiger partial charge in [-0.05, 0) is 35.4 Å². The minimum absolute atomic E-state index is 0.103. The van der Waals surface area contributed by atoms with Crippen molar-refractivity contribution >= 4 is 5.97 Å². The molecule has 0 aliphatic rings. The summed E-state index contributed by atoms with van der Waals surface area (Å²) in [5.74, 6) is -1.11. The van der Waals surface area contributed by atoms with Crippen molar-refractivity contribution in [2.75, 3.05) is 0 Å². The molecular weight excluding hydrogens is 275 g/mol. The highest BCUT2D eigenvalue weighted by molar-refractivity contribution is 5.74. The maximum atomic E-state index is 13.9. The average Bonchev–Trinajstić information content (AvgIpc) is 2.92. The largest absolute Gasteiger partial charge is 0.481 e. The molecule has 7 heteroatoms. The third-order valence-electron chi connectivity index (χ3n) is 3.91. The Labute approximate surface area is 121 Å². The van der Waals surface area contributed by atoms with E-state index in [1.807, 2.05) is 13.8 Å². The van der Waals surface area contributed by atoms with Gasteiger partial charge in [0.25, 0.3) is 0 Å². The Morgan fingerprint density at radius 3 is 2.57 bits per heavy atom. The minimum Gasteiger partial charge on any atom is -0.481 e. The number of hydrogen-bond acceptors (Lipinski definition) is 4. The van der Waals surface area contributed by atoms with Gasteiger partial charge in [0.2, 0.25) is 0 Å². The molecule has 21 heavy (non-hydrogen) atoms. The molecule has 2 aromatic rings. The molecule has 0 saturated heterocycles. The second-order valence-corrected chi connectivity index (χ2v) is 4.93. The maximum Gasteiger partial charge on any atom is 0.311 e. The average molecular weight is 292 g/mol. The van der Waals surface area contributed by atoms with Gasteiger partial charge in [-0.15, -0.1) is 5.10 Å². The van der Waals surface area contributed by atoms with E-state index in [-0.39, 0.29) is 17.9 Å². The van der Waals surface area contributed by atoms with Gasteiger partial charge in [0.15, 0.2) is 5.82 Å². The van der Waals surface area contributed by atoms with Crippen LogP contribution in [0.3, 0.4) is 0 Å². The number of tetrazole rings is 1. The third-order valence-corrected chi connectivity index (χ3v) is 3.91. The van der Waals surface area contributed by atoms with E-state index >= 15 is 0 Å². The first kappa shape index (κ1) is 15.1. The summed E-state index contributed by atoms with van der Waals surface area (Å²) in [6.45, 7) is 3.72. The van der Waals surface area contributed by atoms with Crippen molar-refractivity contribution in [3.63, 3.8) is 0 Å². The third kappa shape index (κ3) is 2.76. The minimum atomic E-state index is -0.963. The van der Waals surface area contributed by atoms with E-state index in [4.69, 9.17) is 0 Å². The second-order valence-electron chi connectivity index (χ2n) is 4.93. The SMILES string of the molecule is CCC(CC)(Cn1nnnc1-c1ccccc1F)C(=O)O.